The molecular weight excluding hydrogens is 574 g/mol. The zero-order valence-electron chi connectivity index (χ0n) is 29.2. The maximum atomic E-state index is 13.6. The number of nitrogens with two attached hydrogens (primary N) is 1. The van der Waals surface area contributed by atoms with Gasteiger partial charge in [-0.15, -0.1) is 0 Å². The van der Waals surface area contributed by atoms with Crippen LogP contribution in [-0.4, -0.2) is 127 Å². The van der Waals surface area contributed by atoms with Crippen LogP contribution in [0.25, 0.3) is 0 Å². The number of rotatable bonds is 27. The number of imide groups is 2. The van der Waals surface area contributed by atoms with E-state index < -0.39 is 6.03 Å². The monoisotopic (exact) mass is 642 g/mol. The van der Waals surface area contributed by atoms with Gasteiger partial charge in [-0.3, -0.25) is 15.0 Å². The Hall–Kier alpha value is -1.83. The molecule has 0 aromatic carbocycles. The number of hydroxylamine groups is 2. The van der Waals surface area contributed by atoms with E-state index in [0.29, 0.717) is 51.7 Å². The molecule has 3 unspecified atom stereocenters. The molecule has 5 N–H and O–H groups in total. The zero-order chi connectivity index (χ0) is 33.5. The molecule has 12 heteroatoms. The Kier molecular flexibility index (Phi) is 22.3. The fourth-order valence-corrected chi connectivity index (χ4v) is 5.25. The van der Waals surface area contributed by atoms with Crippen LogP contribution < -0.4 is 16.4 Å². The molecule has 12 nitrogen and oxygen atoms in total. The summed E-state index contributed by atoms with van der Waals surface area (Å²) in [5.74, 6) is 0. The molecule has 1 aliphatic rings. The second-order valence-electron chi connectivity index (χ2n) is 13.5. The highest BCUT2D eigenvalue weighted by Gasteiger charge is 2.31. The second-order valence-corrected chi connectivity index (χ2v) is 13.5. The summed E-state index contributed by atoms with van der Waals surface area (Å²) in [4.78, 5) is 42.7. The Labute approximate surface area is 273 Å². The lowest BCUT2D eigenvalue weighted by molar-refractivity contribution is -0.124. The van der Waals surface area contributed by atoms with Gasteiger partial charge in [-0.1, -0.05) is 38.5 Å². The molecule has 0 aliphatic carbocycles. The smallest absolute Gasteiger partial charge is 0.331 e. The van der Waals surface area contributed by atoms with Gasteiger partial charge in [0.05, 0.1) is 12.2 Å². The standard InChI is InChI=1S/C33H67N7O5/c1-29-26-38(29)27-30(2)40(44)24-17-11-10-15-22-37(21-14-8-6-12-18-34)32(43)39(31(42)36-28-41)23-16-9-7-13-19-35-20-25-45-33(3,4)5/h28-30,35,44H,6-27,34H2,1-5H3,(H,36,41,42). The summed E-state index contributed by atoms with van der Waals surface area (Å²) >= 11 is 0. The molecule has 3 atom stereocenters. The minimum Gasteiger partial charge on any atom is -0.375 e. The number of unbranched alkanes of at least 4 members (excludes halogenated alkanes) is 9. The van der Waals surface area contributed by atoms with E-state index in [-0.39, 0.29) is 24.2 Å². The molecule has 0 radical (unpaired) electrons. The van der Waals surface area contributed by atoms with Crippen molar-refractivity contribution in [1.82, 2.24) is 30.4 Å². The van der Waals surface area contributed by atoms with E-state index in [1.165, 1.54) is 9.96 Å². The van der Waals surface area contributed by atoms with Gasteiger partial charge in [-0.25, -0.2) is 14.5 Å². The number of carbonyl (C=O) groups is 3. The van der Waals surface area contributed by atoms with Crippen molar-refractivity contribution in [2.75, 3.05) is 65.5 Å². The fourth-order valence-electron chi connectivity index (χ4n) is 5.25. The Morgan fingerprint density at radius 1 is 0.933 bits per heavy atom. The van der Waals surface area contributed by atoms with Crippen molar-refractivity contribution in [1.29, 1.82) is 0 Å². The number of ether oxygens (including phenoxy) is 1. The van der Waals surface area contributed by atoms with Gasteiger partial charge in [-0.05, 0) is 86.2 Å². The summed E-state index contributed by atoms with van der Waals surface area (Å²) in [6, 6.07) is -0.267. The number of nitrogens with one attached hydrogen (secondary N) is 2. The molecule has 0 saturated carbocycles. The third kappa shape index (κ3) is 20.8. The van der Waals surface area contributed by atoms with Crippen LogP contribution in [0.1, 0.15) is 112 Å². The molecule has 5 amide bonds. The predicted octanol–water partition coefficient (Wildman–Crippen LogP) is 4.40. The van der Waals surface area contributed by atoms with Crippen LogP contribution >= 0.6 is 0 Å². The van der Waals surface area contributed by atoms with Crippen LogP contribution in [0.4, 0.5) is 9.59 Å². The first-order chi connectivity index (χ1) is 21.5. The third-order valence-corrected chi connectivity index (χ3v) is 8.17. The number of hydrogen-bond donors (Lipinski definition) is 4. The van der Waals surface area contributed by atoms with Gasteiger partial charge >= 0.3 is 12.1 Å². The minimum absolute atomic E-state index is 0.112. The van der Waals surface area contributed by atoms with Crippen molar-refractivity contribution < 1.29 is 24.3 Å². The van der Waals surface area contributed by atoms with Gasteiger partial charge in [0, 0.05) is 57.9 Å². The average molecular weight is 642 g/mol. The lowest BCUT2D eigenvalue weighted by Crippen LogP contribution is -2.50. The molecular formula is C33H67N7O5. The van der Waals surface area contributed by atoms with Crippen LogP contribution in [-0.2, 0) is 9.53 Å². The topological polar surface area (TPSA) is 143 Å². The molecule has 0 bridgehead atoms. The highest BCUT2D eigenvalue weighted by atomic mass is 16.5. The van der Waals surface area contributed by atoms with E-state index in [4.69, 9.17) is 10.5 Å². The molecule has 0 spiro atoms. The van der Waals surface area contributed by atoms with E-state index in [1.54, 1.807) is 4.90 Å². The van der Waals surface area contributed by atoms with E-state index in [9.17, 15) is 19.6 Å². The Morgan fingerprint density at radius 2 is 1.49 bits per heavy atom. The summed E-state index contributed by atoms with van der Waals surface area (Å²) < 4.78 is 5.72. The summed E-state index contributed by atoms with van der Waals surface area (Å²) in [6.45, 7) is 17.4. The van der Waals surface area contributed by atoms with E-state index >= 15 is 0 Å². The summed E-state index contributed by atoms with van der Waals surface area (Å²) in [5.41, 5.74) is 5.51. The molecule has 45 heavy (non-hydrogen) atoms. The first kappa shape index (κ1) is 41.2. The molecule has 0 aromatic heterocycles. The van der Waals surface area contributed by atoms with Gasteiger partial charge in [-0.2, -0.15) is 5.06 Å². The van der Waals surface area contributed by atoms with Gasteiger partial charge in [0.1, 0.15) is 0 Å². The number of amides is 5. The molecule has 264 valence electrons. The Bertz CT molecular complexity index is 798. The first-order valence-corrected chi connectivity index (χ1v) is 17.5. The average Bonchev–Trinajstić information content (AvgIpc) is 3.68. The first-order valence-electron chi connectivity index (χ1n) is 17.5. The summed E-state index contributed by atoms with van der Waals surface area (Å²) in [5, 5.41) is 17.4. The largest absolute Gasteiger partial charge is 0.375 e. The zero-order valence-corrected chi connectivity index (χ0v) is 29.2. The van der Waals surface area contributed by atoms with Gasteiger partial charge in [0.15, 0.2) is 0 Å². The number of urea groups is 2. The molecule has 1 saturated heterocycles. The van der Waals surface area contributed by atoms with E-state index in [0.717, 1.165) is 96.8 Å². The lowest BCUT2D eigenvalue weighted by Gasteiger charge is -2.29. The van der Waals surface area contributed by atoms with Crippen LogP contribution in [0.5, 0.6) is 0 Å². The maximum absolute atomic E-state index is 13.6. The SMILES string of the molecule is CC(CN1CC1C)N(O)CCCCCCN(CCCCCCN)C(=O)N(CCCCCCNCCOC(C)(C)C)C(=O)NC=O. The molecule has 1 fully saturated rings. The third-order valence-electron chi connectivity index (χ3n) is 8.17. The Morgan fingerprint density at radius 3 is 2.04 bits per heavy atom. The van der Waals surface area contributed by atoms with Crippen molar-refractivity contribution in [3.05, 3.63) is 0 Å². The fraction of sp³-hybridized carbons (Fsp3) is 0.909. The van der Waals surface area contributed by atoms with Crippen molar-refractivity contribution >= 4 is 18.5 Å². The molecule has 1 heterocycles. The van der Waals surface area contributed by atoms with Crippen molar-refractivity contribution in [2.45, 2.75) is 129 Å². The van der Waals surface area contributed by atoms with Crippen molar-refractivity contribution in [3.63, 3.8) is 0 Å². The molecule has 0 aromatic rings. The number of hydrogen-bond acceptors (Lipinski definition) is 9. The van der Waals surface area contributed by atoms with E-state index in [1.807, 2.05) is 20.8 Å². The van der Waals surface area contributed by atoms with Gasteiger partial charge in [0.2, 0.25) is 6.41 Å². The summed E-state index contributed by atoms with van der Waals surface area (Å²) in [6.07, 6.45) is 11.3. The minimum atomic E-state index is -0.669. The number of nitrogens with zero attached hydrogens (tertiary/aromatic N) is 4. The van der Waals surface area contributed by atoms with Crippen LogP contribution in [0, 0.1) is 0 Å². The predicted molar refractivity (Wildman–Crippen MR) is 180 cm³/mol. The Balaban J connectivity index is 2.50. The summed E-state index contributed by atoms with van der Waals surface area (Å²) in [7, 11) is 0. The van der Waals surface area contributed by atoms with Crippen LogP contribution in [0.2, 0.25) is 0 Å². The normalized spacial score (nSPS) is 16.9. The highest BCUT2D eigenvalue weighted by molar-refractivity contribution is 5.97. The highest BCUT2D eigenvalue weighted by Crippen LogP contribution is 2.17. The molecule has 1 aliphatic heterocycles. The molecule has 1 rings (SSSR count). The van der Waals surface area contributed by atoms with E-state index in [2.05, 4.69) is 29.4 Å². The second kappa shape index (κ2) is 24.4. The van der Waals surface area contributed by atoms with Crippen LogP contribution in [0.3, 0.4) is 0 Å². The van der Waals surface area contributed by atoms with Crippen LogP contribution in [0.15, 0.2) is 0 Å². The van der Waals surface area contributed by atoms with Gasteiger partial charge in [0.25, 0.3) is 0 Å². The van der Waals surface area contributed by atoms with Gasteiger partial charge < -0.3 is 25.9 Å². The maximum Gasteiger partial charge on any atom is 0.331 e. The van der Waals surface area contributed by atoms with Crippen molar-refractivity contribution in [3.8, 4) is 0 Å². The quantitative estimate of drug-likeness (QED) is 0.0444. The number of carbonyl (C=O) groups excluding carboxylic acids is 3. The lowest BCUT2D eigenvalue weighted by atomic mass is 10.1. The van der Waals surface area contributed by atoms with Crippen molar-refractivity contribution in [2.24, 2.45) is 5.73 Å².